The van der Waals surface area contributed by atoms with Crippen LogP contribution in [0.3, 0.4) is 0 Å². The van der Waals surface area contributed by atoms with E-state index in [-0.39, 0.29) is 0 Å². The van der Waals surface area contributed by atoms with Crippen LogP contribution in [0.15, 0.2) is 0 Å². The Labute approximate surface area is 131 Å². The summed E-state index contributed by atoms with van der Waals surface area (Å²) in [6.07, 6.45) is 25.0. The first-order valence-corrected chi connectivity index (χ1v) is 11.0. The molecule has 0 rings (SSSR count). The zero-order valence-electron chi connectivity index (χ0n) is 14.5. The van der Waals surface area contributed by atoms with E-state index < -0.39 is 0 Å². The fourth-order valence-corrected chi connectivity index (χ4v) is 3.97. The predicted octanol–water partition coefficient (Wildman–Crippen LogP) is 7.56. The molecule has 0 saturated carbocycles. The first kappa shape index (κ1) is 20.4. The van der Waals surface area contributed by atoms with E-state index in [1.807, 2.05) is 0 Å². The minimum absolute atomic E-state index is 1.26. The maximum absolute atomic E-state index is 2.30. The van der Waals surface area contributed by atoms with Crippen molar-refractivity contribution in [3.63, 3.8) is 0 Å². The van der Waals surface area contributed by atoms with Crippen LogP contribution in [0, 0.1) is 0 Å². The largest absolute Gasteiger partial charge is 0.122 e. The van der Waals surface area contributed by atoms with Crippen LogP contribution >= 0.6 is 8.58 Å². The third-order valence-corrected chi connectivity index (χ3v) is 5.58. The minimum atomic E-state index is 1.26. The van der Waals surface area contributed by atoms with E-state index >= 15 is 0 Å². The van der Waals surface area contributed by atoms with Crippen molar-refractivity contribution in [2.24, 2.45) is 0 Å². The molecule has 1 heteroatoms. The molecular formula is C19H41P. The number of hydrogen-bond acceptors (Lipinski definition) is 0. The third-order valence-electron chi connectivity index (χ3n) is 4.16. The molecule has 0 nitrogen and oxygen atoms in total. The standard InChI is InChI=1S/C19H41P/c1-3-5-7-9-11-12-13-15-17-19-20-18-16-14-10-8-6-4-2/h20H,3-19H2,1-2H3. The fourth-order valence-electron chi connectivity index (χ4n) is 2.72. The van der Waals surface area contributed by atoms with Crippen LogP contribution in [-0.2, 0) is 0 Å². The van der Waals surface area contributed by atoms with Crippen LogP contribution < -0.4 is 0 Å². The van der Waals surface area contributed by atoms with Crippen molar-refractivity contribution in [1.82, 2.24) is 0 Å². The van der Waals surface area contributed by atoms with Crippen LogP contribution in [0.25, 0.3) is 0 Å². The Kier molecular flexibility index (Phi) is 19.8. The summed E-state index contributed by atoms with van der Waals surface area (Å²) in [4.78, 5) is 0. The summed E-state index contributed by atoms with van der Waals surface area (Å²) >= 11 is 0. The highest BCUT2D eigenvalue weighted by Crippen LogP contribution is 2.18. The van der Waals surface area contributed by atoms with Gasteiger partial charge in [0.05, 0.1) is 0 Å². The first-order valence-electron chi connectivity index (χ1n) is 9.62. The summed E-state index contributed by atoms with van der Waals surface area (Å²) in [7, 11) is 1.26. The molecule has 0 aliphatic heterocycles. The Balaban J connectivity index is 2.89. The van der Waals surface area contributed by atoms with E-state index in [1.165, 1.54) is 117 Å². The van der Waals surface area contributed by atoms with E-state index in [4.69, 9.17) is 0 Å². The summed E-state index contributed by atoms with van der Waals surface area (Å²) in [5, 5.41) is 0. The SMILES string of the molecule is CCCCCCCCCCCPCCCCCCCC. The summed E-state index contributed by atoms with van der Waals surface area (Å²) in [6, 6.07) is 0. The van der Waals surface area contributed by atoms with E-state index in [0.29, 0.717) is 0 Å². The van der Waals surface area contributed by atoms with E-state index in [9.17, 15) is 0 Å². The number of rotatable bonds is 17. The lowest BCUT2D eigenvalue weighted by Crippen LogP contribution is -1.85. The average Bonchev–Trinajstić information content (AvgIpc) is 2.47. The average molecular weight is 301 g/mol. The van der Waals surface area contributed by atoms with Gasteiger partial charge in [0.2, 0.25) is 0 Å². The molecule has 0 aliphatic carbocycles. The normalized spacial score (nSPS) is 11.7. The molecule has 0 heterocycles. The Morgan fingerprint density at radius 1 is 0.400 bits per heavy atom. The monoisotopic (exact) mass is 300 g/mol. The molecule has 20 heavy (non-hydrogen) atoms. The van der Waals surface area contributed by atoms with Crippen LogP contribution in [0.1, 0.15) is 110 Å². The quantitative estimate of drug-likeness (QED) is 0.192. The van der Waals surface area contributed by atoms with Crippen LogP contribution in [-0.4, -0.2) is 12.3 Å². The van der Waals surface area contributed by atoms with Gasteiger partial charge in [0.15, 0.2) is 0 Å². The molecule has 0 aromatic rings. The van der Waals surface area contributed by atoms with Gasteiger partial charge < -0.3 is 0 Å². The van der Waals surface area contributed by atoms with Gasteiger partial charge in [-0.1, -0.05) is 97.3 Å². The van der Waals surface area contributed by atoms with Crippen molar-refractivity contribution in [2.75, 3.05) is 12.3 Å². The molecule has 0 aliphatic rings. The molecule has 0 aromatic heterocycles. The summed E-state index contributed by atoms with van der Waals surface area (Å²) in [5.74, 6) is 0. The van der Waals surface area contributed by atoms with Crippen molar-refractivity contribution >= 4 is 8.58 Å². The van der Waals surface area contributed by atoms with Gasteiger partial charge in [-0.25, -0.2) is 0 Å². The van der Waals surface area contributed by atoms with Gasteiger partial charge in [0.25, 0.3) is 0 Å². The molecule has 122 valence electrons. The molecule has 0 N–H and O–H groups in total. The summed E-state index contributed by atoms with van der Waals surface area (Å²) < 4.78 is 0. The van der Waals surface area contributed by atoms with Gasteiger partial charge in [-0.05, 0) is 25.2 Å². The fraction of sp³-hybridized carbons (Fsp3) is 1.00. The Morgan fingerprint density at radius 2 is 0.700 bits per heavy atom. The van der Waals surface area contributed by atoms with Crippen molar-refractivity contribution in [3.05, 3.63) is 0 Å². The predicted molar refractivity (Wildman–Crippen MR) is 98.7 cm³/mol. The smallest absolute Gasteiger partial charge is 0.0353 e. The molecule has 0 spiro atoms. The first-order chi connectivity index (χ1) is 9.91. The molecule has 0 amide bonds. The van der Waals surface area contributed by atoms with Crippen LogP contribution in [0.4, 0.5) is 0 Å². The molecule has 0 aromatic carbocycles. The maximum Gasteiger partial charge on any atom is -0.0353 e. The zero-order chi connectivity index (χ0) is 14.7. The van der Waals surface area contributed by atoms with Crippen molar-refractivity contribution in [1.29, 1.82) is 0 Å². The maximum atomic E-state index is 2.30. The minimum Gasteiger partial charge on any atom is -0.122 e. The number of unbranched alkanes of at least 4 members (excludes halogenated alkanes) is 13. The molecule has 0 fully saturated rings. The van der Waals surface area contributed by atoms with Gasteiger partial charge in [-0.3, -0.25) is 0 Å². The summed E-state index contributed by atoms with van der Waals surface area (Å²) in [6.45, 7) is 4.60. The van der Waals surface area contributed by atoms with Crippen molar-refractivity contribution in [2.45, 2.75) is 110 Å². The molecule has 0 saturated heterocycles. The number of hydrogen-bond donors (Lipinski definition) is 0. The zero-order valence-corrected chi connectivity index (χ0v) is 15.5. The molecule has 0 radical (unpaired) electrons. The second kappa shape index (κ2) is 19.4. The van der Waals surface area contributed by atoms with E-state index in [0.717, 1.165) is 0 Å². The van der Waals surface area contributed by atoms with Gasteiger partial charge in [-0.2, -0.15) is 0 Å². The highest BCUT2D eigenvalue weighted by molar-refractivity contribution is 7.37. The Hall–Kier alpha value is 0.430. The van der Waals surface area contributed by atoms with E-state index in [2.05, 4.69) is 13.8 Å². The summed E-state index contributed by atoms with van der Waals surface area (Å²) in [5.41, 5.74) is 0. The van der Waals surface area contributed by atoms with Gasteiger partial charge in [0, 0.05) is 0 Å². The lowest BCUT2D eigenvalue weighted by molar-refractivity contribution is 0.573. The second-order valence-electron chi connectivity index (χ2n) is 6.35. The molecule has 1 unspecified atom stereocenters. The molecule has 1 atom stereocenters. The lowest BCUT2D eigenvalue weighted by atomic mass is 10.1. The Morgan fingerprint density at radius 3 is 1.05 bits per heavy atom. The third kappa shape index (κ3) is 18.4. The van der Waals surface area contributed by atoms with E-state index in [1.54, 1.807) is 0 Å². The Bertz CT molecular complexity index is 138. The van der Waals surface area contributed by atoms with Crippen molar-refractivity contribution < 1.29 is 0 Å². The molecular weight excluding hydrogens is 259 g/mol. The molecule has 0 bridgehead atoms. The van der Waals surface area contributed by atoms with Gasteiger partial charge in [-0.15, -0.1) is 8.58 Å². The van der Waals surface area contributed by atoms with Crippen LogP contribution in [0.5, 0.6) is 0 Å². The van der Waals surface area contributed by atoms with Gasteiger partial charge in [0.1, 0.15) is 0 Å². The highest BCUT2D eigenvalue weighted by atomic mass is 31.1. The lowest BCUT2D eigenvalue weighted by Gasteiger charge is -2.03. The van der Waals surface area contributed by atoms with Gasteiger partial charge >= 0.3 is 0 Å². The van der Waals surface area contributed by atoms with Crippen LogP contribution in [0.2, 0.25) is 0 Å². The van der Waals surface area contributed by atoms with Crippen molar-refractivity contribution in [3.8, 4) is 0 Å². The second-order valence-corrected chi connectivity index (χ2v) is 7.85. The topological polar surface area (TPSA) is 0 Å². The highest BCUT2D eigenvalue weighted by Gasteiger charge is 1.94.